The first kappa shape index (κ1) is 10.6. The summed E-state index contributed by atoms with van der Waals surface area (Å²) >= 11 is 4.96. The first-order valence-corrected chi connectivity index (χ1v) is 5.09. The average Bonchev–Trinajstić information content (AvgIpc) is 2.54. The van der Waals surface area contributed by atoms with Crippen molar-refractivity contribution in [3.8, 4) is 6.07 Å². The molecule has 0 aliphatic carbocycles. The number of nitriles is 1. The number of amides is 1. The molecule has 1 aliphatic heterocycles. The second-order valence-corrected chi connectivity index (χ2v) is 3.71. The first-order chi connectivity index (χ1) is 7.63. The fourth-order valence-electron chi connectivity index (χ4n) is 1.44. The number of hydrogen-bond acceptors (Lipinski definition) is 4. The van der Waals surface area contributed by atoms with E-state index in [4.69, 9.17) is 22.2 Å². The van der Waals surface area contributed by atoms with Gasteiger partial charge in [0.2, 0.25) is 0 Å². The van der Waals surface area contributed by atoms with Crippen LogP contribution in [0, 0.1) is 11.3 Å². The van der Waals surface area contributed by atoms with Crippen LogP contribution in [0.3, 0.4) is 0 Å². The van der Waals surface area contributed by atoms with Gasteiger partial charge in [-0.2, -0.15) is 5.26 Å². The molecule has 80 valence electrons. The van der Waals surface area contributed by atoms with Crippen molar-refractivity contribution in [2.45, 2.75) is 13.0 Å². The molecule has 5 heteroatoms. The molecule has 1 saturated heterocycles. The van der Waals surface area contributed by atoms with E-state index in [0.29, 0.717) is 11.3 Å². The molecule has 2 rings (SSSR count). The van der Waals surface area contributed by atoms with E-state index in [1.807, 2.05) is 6.07 Å². The second kappa shape index (κ2) is 3.91. The predicted octanol–water partition coefficient (Wildman–Crippen LogP) is 1.59. The number of carbonyl (C=O) groups is 1. The van der Waals surface area contributed by atoms with E-state index in [2.05, 4.69) is 0 Å². The van der Waals surface area contributed by atoms with E-state index in [9.17, 15) is 4.79 Å². The van der Waals surface area contributed by atoms with Crippen molar-refractivity contribution in [3.05, 3.63) is 29.8 Å². The van der Waals surface area contributed by atoms with Crippen LogP contribution in [0.2, 0.25) is 0 Å². The Balaban J connectivity index is 2.34. The molecule has 0 saturated carbocycles. The molecular weight excluding hydrogens is 224 g/mol. The van der Waals surface area contributed by atoms with Gasteiger partial charge in [0.15, 0.2) is 6.10 Å². The largest absolute Gasteiger partial charge is 0.457 e. The van der Waals surface area contributed by atoms with Gasteiger partial charge in [-0.1, -0.05) is 0 Å². The van der Waals surface area contributed by atoms with Crippen molar-refractivity contribution in [1.82, 2.24) is 0 Å². The van der Waals surface area contributed by atoms with Gasteiger partial charge in [0.05, 0.1) is 17.3 Å². The summed E-state index contributed by atoms with van der Waals surface area (Å²) in [7, 11) is 0. The van der Waals surface area contributed by atoms with Crippen LogP contribution in [0.15, 0.2) is 24.3 Å². The molecule has 4 nitrogen and oxygen atoms in total. The summed E-state index contributed by atoms with van der Waals surface area (Å²) in [5.74, 6) is -0.185. The highest BCUT2D eigenvalue weighted by molar-refractivity contribution is 7.80. The maximum Gasteiger partial charge on any atom is 0.275 e. The standard InChI is InChI=1S/C11H8N2O2S/c1-7-10(14)13(11(16)15-7)9-4-2-8(6-12)3-5-9/h2-5,7H,1H3. The Morgan fingerprint density at radius 3 is 2.50 bits per heavy atom. The Morgan fingerprint density at radius 1 is 1.44 bits per heavy atom. The Kier molecular flexibility index (Phi) is 2.59. The van der Waals surface area contributed by atoms with Crippen LogP contribution in [-0.4, -0.2) is 17.2 Å². The molecule has 0 aromatic heterocycles. The third-order valence-corrected chi connectivity index (χ3v) is 2.56. The normalized spacial score (nSPS) is 19.5. The van der Waals surface area contributed by atoms with Crippen LogP contribution in [-0.2, 0) is 9.53 Å². The number of anilines is 1. The van der Waals surface area contributed by atoms with Crippen molar-refractivity contribution in [3.63, 3.8) is 0 Å². The van der Waals surface area contributed by atoms with E-state index >= 15 is 0 Å². The van der Waals surface area contributed by atoms with Gasteiger partial charge in [0.25, 0.3) is 11.1 Å². The predicted molar refractivity (Wildman–Crippen MR) is 61.8 cm³/mol. The summed E-state index contributed by atoms with van der Waals surface area (Å²) in [5.41, 5.74) is 1.16. The van der Waals surface area contributed by atoms with Crippen LogP contribution in [0.1, 0.15) is 12.5 Å². The Morgan fingerprint density at radius 2 is 2.06 bits per heavy atom. The average molecular weight is 232 g/mol. The zero-order valence-corrected chi connectivity index (χ0v) is 9.32. The zero-order valence-electron chi connectivity index (χ0n) is 8.51. The van der Waals surface area contributed by atoms with Crippen molar-refractivity contribution >= 4 is 29.0 Å². The minimum Gasteiger partial charge on any atom is -0.457 e. The number of rotatable bonds is 1. The molecule has 1 aromatic rings. The maximum absolute atomic E-state index is 11.7. The van der Waals surface area contributed by atoms with Crippen LogP contribution in [0.4, 0.5) is 5.69 Å². The number of ether oxygens (including phenoxy) is 1. The van der Waals surface area contributed by atoms with Gasteiger partial charge in [-0.15, -0.1) is 0 Å². The summed E-state index contributed by atoms with van der Waals surface area (Å²) in [6, 6.07) is 8.62. The minimum atomic E-state index is -0.539. The van der Waals surface area contributed by atoms with Gasteiger partial charge in [-0.25, -0.2) is 4.90 Å². The summed E-state index contributed by atoms with van der Waals surface area (Å²) < 4.78 is 5.14. The molecule has 0 spiro atoms. The van der Waals surface area contributed by atoms with Gasteiger partial charge in [-0.05, 0) is 43.4 Å². The Hall–Kier alpha value is -1.93. The summed E-state index contributed by atoms with van der Waals surface area (Å²) in [6.07, 6.45) is -0.539. The molecule has 1 unspecified atom stereocenters. The second-order valence-electron chi connectivity index (χ2n) is 3.36. The van der Waals surface area contributed by atoms with E-state index < -0.39 is 6.10 Å². The monoisotopic (exact) mass is 232 g/mol. The highest BCUT2D eigenvalue weighted by atomic mass is 32.1. The molecule has 1 atom stereocenters. The van der Waals surface area contributed by atoms with Crippen LogP contribution < -0.4 is 4.90 Å². The fourth-order valence-corrected chi connectivity index (χ4v) is 1.78. The summed E-state index contributed by atoms with van der Waals surface area (Å²) in [5, 5.41) is 8.81. The highest BCUT2D eigenvalue weighted by Crippen LogP contribution is 2.22. The first-order valence-electron chi connectivity index (χ1n) is 4.68. The Bertz CT molecular complexity index is 490. The lowest BCUT2D eigenvalue weighted by Crippen LogP contribution is -2.30. The maximum atomic E-state index is 11.7. The SMILES string of the molecule is CC1OC(=S)N(c2ccc(C#N)cc2)C1=O. The molecule has 1 heterocycles. The molecule has 16 heavy (non-hydrogen) atoms. The Labute approximate surface area is 98.0 Å². The lowest BCUT2D eigenvalue weighted by molar-refractivity contribution is -0.121. The van der Waals surface area contributed by atoms with Gasteiger partial charge in [0, 0.05) is 0 Å². The smallest absolute Gasteiger partial charge is 0.275 e. The van der Waals surface area contributed by atoms with Crippen molar-refractivity contribution in [1.29, 1.82) is 5.26 Å². The molecule has 1 aromatic carbocycles. The van der Waals surface area contributed by atoms with Gasteiger partial charge in [-0.3, -0.25) is 4.79 Å². The van der Waals surface area contributed by atoms with E-state index in [1.165, 1.54) is 4.90 Å². The lowest BCUT2D eigenvalue weighted by Gasteiger charge is -2.12. The lowest BCUT2D eigenvalue weighted by atomic mass is 10.2. The van der Waals surface area contributed by atoms with Gasteiger partial charge < -0.3 is 4.74 Å². The number of carbonyl (C=O) groups excluding carboxylic acids is 1. The van der Waals surface area contributed by atoms with Gasteiger partial charge >= 0.3 is 0 Å². The van der Waals surface area contributed by atoms with Crippen LogP contribution >= 0.6 is 12.2 Å². The van der Waals surface area contributed by atoms with Crippen molar-refractivity contribution in [2.24, 2.45) is 0 Å². The third kappa shape index (κ3) is 1.64. The number of hydrogen-bond donors (Lipinski definition) is 0. The summed E-state index contributed by atoms with van der Waals surface area (Å²) in [6.45, 7) is 1.65. The minimum absolute atomic E-state index is 0.155. The zero-order chi connectivity index (χ0) is 11.7. The van der Waals surface area contributed by atoms with Crippen LogP contribution in [0.25, 0.3) is 0 Å². The van der Waals surface area contributed by atoms with E-state index in [1.54, 1.807) is 31.2 Å². The molecule has 1 amide bonds. The molecule has 0 N–H and O–H groups in total. The molecule has 0 bridgehead atoms. The quantitative estimate of drug-likeness (QED) is 0.690. The fraction of sp³-hybridized carbons (Fsp3) is 0.182. The van der Waals surface area contributed by atoms with Crippen molar-refractivity contribution in [2.75, 3.05) is 4.90 Å². The molecule has 0 radical (unpaired) electrons. The van der Waals surface area contributed by atoms with E-state index in [0.717, 1.165) is 0 Å². The van der Waals surface area contributed by atoms with Gasteiger partial charge in [0.1, 0.15) is 0 Å². The number of thiocarbonyl (C=S) groups is 1. The highest BCUT2D eigenvalue weighted by Gasteiger charge is 2.35. The number of nitrogens with zero attached hydrogens (tertiary/aromatic N) is 2. The molecular formula is C11H8N2O2S. The van der Waals surface area contributed by atoms with Crippen molar-refractivity contribution < 1.29 is 9.53 Å². The topological polar surface area (TPSA) is 53.3 Å². The number of benzene rings is 1. The molecule has 1 fully saturated rings. The molecule has 1 aliphatic rings. The summed E-state index contributed by atoms with van der Waals surface area (Å²) in [4.78, 5) is 13.1. The third-order valence-electron chi connectivity index (χ3n) is 2.28. The van der Waals surface area contributed by atoms with E-state index in [-0.39, 0.29) is 11.1 Å². The van der Waals surface area contributed by atoms with Crippen LogP contribution in [0.5, 0.6) is 0 Å².